The van der Waals surface area contributed by atoms with Crippen molar-refractivity contribution in [2.24, 2.45) is 0 Å². The van der Waals surface area contributed by atoms with Gasteiger partial charge in [-0.15, -0.1) is 22.9 Å². The minimum absolute atomic E-state index is 0.00544. The van der Waals surface area contributed by atoms with E-state index in [-0.39, 0.29) is 5.91 Å². The Bertz CT molecular complexity index is 340. The number of carbonyl (C=O) groups is 1. The lowest BCUT2D eigenvalue weighted by Crippen LogP contribution is -2.27. The summed E-state index contributed by atoms with van der Waals surface area (Å²) in [7, 11) is 1.80. The van der Waals surface area contributed by atoms with Crippen molar-refractivity contribution in [2.45, 2.75) is 19.3 Å². The minimum atomic E-state index is 0.00544. The van der Waals surface area contributed by atoms with E-state index in [0.717, 1.165) is 25.8 Å². The van der Waals surface area contributed by atoms with Crippen molar-refractivity contribution in [1.29, 1.82) is 0 Å². The molecule has 0 atom stereocenters. The lowest BCUT2D eigenvalue weighted by atomic mass is 10.2. The van der Waals surface area contributed by atoms with E-state index in [1.165, 1.54) is 11.3 Å². The Hall–Kier alpha value is -0.250. The van der Waals surface area contributed by atoms with Crippen LogP contribution in [0.5, 0.6) is 0 Å². The van der Waals surface area contributed by atoms with Crippen LogP contribution in [0.1, 0.15) is 28.9 Å². The number of nitrogens with zero attached hydrogens (tertiary/aromatic N) is 1. The molecule has 1 amide bonds. The van der Waals surface area contributed by atoms with Gasteiger partial charge in [-0.2, -0.15) is 0 Å². The fourth-order valence-electron chi connectivity index (χ4n) is 1.34. The average Bonchev–Trinajstić information content (AvgIpc) is 2.69. The van der Waals surface area contributed by atoms with Crippen molar-refractivity contribution in [1.82, 2.24) is 4.90 Å². The van der Waals surface area contributed by atoms with Crippen molar-refractivity contribution in [3.63, 3.8) is 0 Å². The second-order valence-corrected chi connectivity index (χ2v) is 5.28. The molecule has 0 N–H and O–H groups in total. The zero-order valence-corrected chi connectivity index (χ0v) is 11.5. The van der Waals surface area contributed by atoms with Gasteiger partial charge >= 0.3 is 0 Å². The fraction of sp³-hybridized carbons (Fsp3) is 0.545. The summed E-state index contributed by atoms with van der Waals surface area (Å²) < 4.78 is 0. The fourth-order valence-corrected chi connectivity index (χ4v) is 2.66. The number of alkyl halides is 1. The first kappa shape index (κ1) is 13.8. The van der Waals surface area contributed by atoms with Crippen LogP contribution in [-0.4, -0.2) is 30.3 Å². The highest BCUT2D eigenvalue weighted by Gasteiger charge is 2.15. The lowest BCUT2D eigenvalue weighted by Gasteiger charge is -2.16. The van der Waals surface area contributed by atoms with E-state index in [1.807, 2.05) is 5.38 Å². The molecular formula is C11H15Cl2NOS. The Morgan fingerprint density at radius 2 is 2.19 bits per heavy atom. The maximum absolute atomic E-state index is 11.9. The predicted octanol–water partition coefficient (Wildman–Crippen LogP) is 3.88. The molecule has 0 saturated carbocycles. The van der Waals surface area contributed by atoms with Crippen molar-refractivity contribution in [2.75, 3.05) is 19.5 Å². The Kier molecular flexibility index (Phi) is 6.17. The number of halogens is 2. The predicted molar refractivity (Wildman–Crippen MR) is 70.9 cm³/mol. The number of unbranched alkanes of at least 4 members (excludes halogenated alkanes) is 2. The first-order valence-corrected chi connectivity index (χ1v) is 7.00. The van der Waals surface area contributed by atoms with Gasteiger partial charge in [0.05, 0.1) is 5.02 Å². The molecule has 1 aromatic heterocycles. The van der Waals surface area contributed by atoms with E-state index in [1.54, 1.807) is 18.0 Å². The number of thiophene rings is 1. The van der Waals surface area contributed by atoms with Crippen molar-refractivity contribution in [3.8, 4) is 0 Å². The molecule has 16 heavy (non-hydrogen) atoms. The third-order valence-corrected chi connectivity index (χ3v) is 3.88. The molecule has 0 aliphatic rings. The van der Waals surface area contributed by atoms with Crippen LogP contribution in [0.4, 0.5) is 0 Å². The smallest absolute Gasteiger partial charge is 0.265 e. The second-order valence-electron chi connectivity index (χ2n) is 3.57. The molecule has 0 saturated heterocycles. The maximum Gasteiger partial charge on any atom is 0.265 e. The van der Waals surface area contributed by atoms with Crippen LogP contribution in [0, 0.1) is 0 Å². The highest BCUT2D eigenvalue weighted by molar-refractivity contribution is 7.12. The highest BCUT2D eigenvalue weighted by Crippen LogP contribution is 2.23. The first-order chi connectivity index (χ1) is 7.66. The SMILES string of the molecule is CN(CCCCCCl)C(=O)c1sccc1Cl. The molecule has 1 aromatic rings. The molecule has 2 nitrogen and oxygen atoms in total. The molecule has 0 spiro atoms. The van der Waals surface area contributed by atoms with Crippen molar-refractivity contribution in [3.05, 3.63) is 21.3 Å². The van der Waals surface area contributed by atoms with Crippen molar-refractivity contribution >= 4 is 40.4 Å². The van der Waals surface area contributed by atoms with Gasteiger partial charge in [0.1, 0.15) is 4.88 Å². The van der Waals surface area contributed by atoms with Crippen molar-refractivity contribution < 1.29 is 4.79 Å². The molecule has 0 bridgehead atoms. The second kappa shape index (κ2) is 7.15. The summed E-state index contributed by atoms with van der Waals surface area (Å²) in [4.78, 5) is 14.3. The zero-order chi connectivity index (χ0) is 12.0. The summed E-state index contributed by atoms with van der Waals surface area (Å²) in [6.45, 7) is 0.754. The molecule has 0 aliphatic heterocycles. The van der Waals surface area contributed by atoms with Crippen LogP contribution in [0.25, 0.3) is 0 Å². The third-order valence-electron chi connectivity index (χ3n) is 2.29. The van der Waals surface area contributed by atoms with Gasteiger partial charge < -0.3 is 4.90 Å². The summed E-state index contributed by atoms with van der Waals surface area (Å²) in [5.74, 6) is 0.694. The largest absolute Gasteiger partial charge is 0.341 e. The molecule has 0 aromatic carbocycles. The molecule has 0 radical (unpaired) electrons. The molecule has 5 heteroatoms. The normalized spacial score (nSPS) is 10.4. The van der Waals surface area contributed by atoms with Gasteiger partial charge in [0.2, 0.25) is 0 Å². The van der Waals surface area contributed by atoms with Crippen LogP contribution in [0.2, 0.25) is 5.02 Å². The van der Waals surface area contributed by atoms with E-state index >= 15 is 0 Å². The molecular weight excluding hydrogens is 265 g/mol. The maximum atomic E-state index is 11.9. The number of rotatable bonds is 6. The molecule has 1 rings (SSSR count). The summed E-state index contributed by atoms with van der Waals surface area (Å²) >= 11 is 12.9. The Labute approximate surface area is 110 Å². The van der Waals surface area contributed by atoms with E-state index in [2.05, 4.69) is 0 Å². The van der Waals surface area contributed by atoms with E-state index in [9.17, 15) is 4.79 Å². The lowest BCUT2D eigenvalue weighted by molar-refractivity contribution is 0.0797. The molecule has 1 heterocycles. The number of hydrogen-bond donors (Lipinski definition) is 0. The summed E-state index contributed by atoms with van der Waals surface area (Å²) in [5, 5.41) is 2.37. The monoisotopic (exact) mass is 279 g/mol. The van der Waals surface area contributed by atoms with Gasteiger partial charge in [-0.3, -0.25) is 4.79 Å². The van der Waals surface area contributed by atoms with E-state index < -0.39 is 0 Å². The number of amides is 1. The summed E-state index contributed by atoms with van der Waals surface area (Å²) in [6.07, 6.45) is 3.04. The molecule has 0 unspecified atom stereocenters. The first-order valence-electron chi connectivity index (χ1n) is 5.21. The van der Waals surface area contributed by atoms with Crippen LogP contribution < -0.4 is 0 Å². The Morgan fingerprint density at radius 3 is 2.75 bits per heavy atom. The Balaban J connectivity index is 2.40. The van der Waals surface area contributed by atoms with Crippen LogP contribution in [-0.2, 0) is 0 Å². The van der Waals surface area contributed by atoms with Crippen LogP contribution >= 0.6 is 34.5 Å². The standard InChI is InChI=1S/C11H15Cl2NOS/c1-14(7-4-2-3-6-12)11(15)10-9(13)5-8-16-10/h5,8H,2-4,6-7H2,1H3. The van der Waals surface area contributed by atoms with E-state index in [4.69, 9.17) is 23.2 Å². The highest BCUT2D eigenvalue weighted by atomic mass is 35.5. The van der Waals surface area contributed by atoms with Crippen LogP contribution in [0.15, 0.2) is 11.4 Å². The number of carbonyl (C=O) groups excluding carboxylic acids is 1. The third kappa shape index (κ3) is 3.96. The average molecular weight is 280 g/mol. The summed E-state index contributed by atoms with van der Waals surface area (Å²) in [6, 6.07) is 1.75. The topological polar surface area (TPSA) is 20.3 Å². The number of hydrogen-bond acceptors (Lipinski definition) is 2. The molecule has 0 aliphatic carbocycles. The summed E-state index contributed by atoms with van der Waals surface area (Å²) in [5.41, 5.74) is 0. The molecule has 0 fully saturated rings. The van der Waals surface area contributed by atoms with Gasteiger partial charge in [-0.05, 0) is 24.3 Å². The van der Waals surface area contributed by atoms with Gasteiger partial charge in [0.15, 0.2) is 0 Å². The Morgan fingerprint density at radius 1 is 1.44 bits per heavy atom. The molecule has 90 valence electrons. The quantitative estimate of drug-likeness (QED) is 0.572. The van der Waals surface area contributed by atoms with Gasteiger partial charge in [-0.1, -0.05) is 18.0 Å². The van der Waals surface area contributed by atoms with Gasteiger partial charge in [-0.25, -0.2) is 0 Å². The van der Waals surface area contributed by atoms with Crippen LogP contribution in [0.3, 0.4) is 0 Å². The van der Waals surface area contributed by atoms with Gasteiger partial charge in [0.25, 0.3) is 5.91 Å². The van der Waals surface area contributed by atoms with E-state index in [0.29, 0.717) is 15.8 Å². The van der Waals surface area contributed by atoms with Gasteiger partial charge in [0, 0.05) is 19.5 Å². The zero-order valence-electron chi connectivity index (χ0n) is 9.21. The minimum Gasteiger partial charge on any atom is -0.341 e.